The summed E-state index contributed by atoms with van der Waals surface area (Å²) in [6.07, 6.45) is 0. The van der Waals surface area contributed by atoms with Gasteiger partial charge in [-0.3, -0.25) is 4.72 Å². The van der Waals surface area contributed by atoms with Gasteiger partial charge in [0.15, 0.2) is 4.60 Å². The van der Waals surface area contributed by atoms with Crippen molar-refractivity contribution in [1.29, 1.82) is 0 Å². The number of aryl methyl sites for hydroxylation is 1. The van der Waals surface area contributed by atoms with Gasteiger partial charge < -0.3 is 0 Å². The van der Waals surface area contributed by atoms with Crippen LogP contribution in [-0.2, 0) is 17.1 Å². The van der Waals surface area contributed by atoms with Crippen molar-refractivity contribution in [2.24, 2.45) is 7.05 Å². The van der Waals surface area contributed by atoms with E-state index >= 15 is 0 Å². The molecule has 0 spiro atoms. The fourth-order valence-corrected chi connectivity index (χ4v) is 3.53. The van der Waals surface area contributed by atoms with Crippen LogP contribution < -0.4 is 4.72 Å². The average Bonchev–Trinajstić information content (AvgIpc) is 2.64. The Morgan fingerprint density at radius 2 is 2.05 bits per heavy atom. The van der Waals surface area contributed by atoms with Crippen molar-refractivity contribution in [1.82, 2.24) is 15.0 Å². The molecule has 1 aromatic heterocycles. The number of sulfonamides is 1. The maximum atomic E-state index is 13.4. The molecular formula is C9H7BrF2N4O2S. The molecule has 1 N–H and O–H groups in total. The van der Waals surface area contributed by atoms with Gasteiger partial charge in [-0.05, 0) is 28.1 Å². The molecule has 0 saturated carbocycles. The number of anilines is 1. The molecule has 6 nitrogen and oxygen atoms in total. The molecule has 2 aromatic rings. The van der Waals surface area contributed by atoms with Crippen LogP contribution in [0, 0.1) is 11.6 Å². The molecule has 0 unspecified atom stereocenters. The zero-order chi connectivity index (χ0) is 14.2. The number of nitrogens with zero attached hydrogens (tertiary/aromatic N) is 3. The molecule has 0 atom stereocenters. The first-order valence-electron chi connectivity index (χ1n) is 4.84. The lowest BCUT2D eigenvalue weighted by Gasteiger charge is -2.08. The quantitative estimate of drug-likeness (QED) is 0.911. The van der Waals surface area contributed by atoms with E-state index in [2.05, 4.69) is 26.2 Å². The topological polar surface area (TPSA) is 76.9 Å². The Labute approximate surface area is 115 Å². The van der Waals surface area contributed by atoms with E-state index in [0.717, 1.165) is 22.9 Å². The minimum Gasteiger partial charge on any atom is -0.275 e. The van der Waals surface area contributed by atoms with Gasteiger partial charge in [0.2, 0.25) is 5.03 Å². The van der Waals surface area contributed by atoms with Crippen molar-refractivity contribution in [3.63, 3.8) is 0 Å². The molecule has 0 aliphatic rings. The van der Waals surface area contributed by atoms with E-state index in [4.69, 9.17) is 0 Å². The van der Waals surface area contributed by atoms with E-state index in [-0.39, 0.29) is 9.63 Å². The lowest BCUT2D eigenvalue weighted by molar-refractivity contribution is 0.576. The van der Waals surface area contributed by atoms with Crippen molar-refractivity contribution in [2.75, 3.05) is 4.72 Å². The summed E-state index contributed by atoms with van der Waals surface area (Å²) in [4.78, 5) is 0. The van der Waals surface area contributed by atoms with E-state index in [9.17, 15) is 17.2 Å². The molecule has 1 heterocycles. The minimum atomic E-state index is -4.14. The molecule has 1 aromatic carbocycles. The zero-order valence-corrected chi connectivity index (χ0v) is 11.8. The van der Waals surface area contributed by atoms with Crippen LogP contribution in [0.15, 0.2) is 27.8 Å². The third-order valence-corrected chi connectivity index (χ3v) is 4.42. The van der Waals surface area contributed by atoms with Crippen LogP contribution in [0.1, 0.15) is 0 Å². The molecule has 0 amide bonds. The summed E-state index contributed by atoms with van der Waals surface area (Å²) in [6, 6.07) is 2.45. The van der Waals surface area contributed by atoms with Crippen LogP contribution in [0.5, 0.6) is 0 Å². The Morgan fingerprint density at radius 3 is 2.63 bits per heavy atom. The summed E-state index contributed by atoms with van der Waals surface area (Å²) in [7, 11) is -2.78. The van der Waals surface area contributed by atoms with Gasteiger partial charge in [-0.25, -0.2) is 13.5 Å². The highest BCUT2D eigenvalue weighted by molar-refractivity contribution is 9.10. The van der Waals surface area contributed by atoms with Crippen LogP contribution in [0.3, 0.4) is 0 Å². The monoisotopic (exact) mass is 352 g/mol. The summed E-state index contributed by atoms with van der Waals surface area (Å²) >= 11 is 2.92. The van der Waals surface area contributed by atoms with Gasteiger partial charge in [-0.2, -0.15) is 8.42 Å². The Balaban J connectivity index is 2.45. The highest BCUT2D eigenvalue weighted by atomic mass is 79.9. The maximum absolute atomic E-state index is 13.4. The van der Waals surface area contributed by atoms with Gasteiger partial charge in [-0.15, -0.1) is 5.10 Å². The molecule has 0 fully saturated rings. The van der Waals surface area contributed by atoms with E-state index in [1.807, 2.05) is 4.72 Å². The fourth-order valence-electron chi connectivity index (χ4n) is 1.38. The first-order chi connectivity index (χ1) is 8.81. The zero-order valence-electron chi connectivity index (χ0n) is 9.43. The predicted octanol–water partition coefficient (Wildman–Crippen LogP) is 1.66. The molecule has 0 aliphatic carbocycles. The predicted molar refractivity (Wildman–Crippen MR) is 65.9 cm³/mol. The van der Waals surface area contributed by atoms with Crippen molar-refractivity contribution < 1.29 is 17.2 Å². The number of hydrogen-bond donors (Lipinski definition) is 1. The standard InChI is InChI=1S/C9H7BrF2N4O2S/c1-16-9(8(10)13-15-16)19(17,18)14-7-4-5(11)2-3-6(7)12/h2-4,14H,1H3. The summed E-state index contributed by atoms with van der Waals surface area (Å²) in [6.45, 7) is 0. The molecule has 0 radical (unpaired) electrons. The van der Waals surface area contributed by atoms with E-state index in [0.29, 0.717) is 0 Å². The van der Waals surface area contributed by atoms with E-state index in [1.165, 1.54) is 7.05 Å². The Kier molecular flexibility index (Phi) is 3.54. The lowest BCUT2D eigenvalue weighted by atomic mass is 10.3. The third kappa shape index (κ3) is 2.73. The number of benzene rings is 1. The summed E-state index contributed by atoms with van der Waals surface area (Å²) in [5.74, 6) is -1.66. The summed E-state index contributed by atoms with van der Waals surface area (Å²) in [5.41, 5.74) is -0.492. The molecule has 19 heavy (non-hydrogen) atoms. The maximum Gasteiger partial charge on any atom is 0.282 e. The number of halogens is 3. The highest BCUT2D eigenvalue weighted by Gasteiger charge is 2.25. The van der Waals surface area contributed by atoms with Crippen LogP contribution in [0.2, 0.25) is 0 Å². The summed E-state index contributed by atoms with van der Waals surface area (Å²) in [5, 5.41) is 6.71. The third-order valence-electron chi connectivity index (χ3n) is 2.16. The molecule has 102 valence electrons. The number of aromatic nitrogens is 3. The van der Waals surface area contributed by atoms with Crippen LogP contribution >= 0.6 is 15.9 Å². The van der Waals surface area contributed by atoms with Gasteiger partial charge in [0.25, 0.3) is 10.0 Å². The highest BCUT2D eigenvalue weighted by Crippen LogP contribution is 2.23. The van der Waals surface area contributed by atoms with Gasteiger partial charge in [0, 0.05) is 13.1 Å². The number of hydrogen-bond acceptors (Lipinski definition) is 4. The molecular weight excluding hydrogens is 346 g/mol. The summed E-state index contributed by atoms with van der Waals surface area (Å²) < 4.78 is 53.4. The Morgan fingerprint density at radius 1 is 1.37 bits per heavy atom. The number of nitrogens with one attached hydrogen (secondary N) is 1. The Hall–Kier alpha value is -1.55. The van der Waals surface area contributed by atoms with E-state index in [1.54, 1.807) is 0 Å². The fraction of sp³-hybridized carbons (Fsp3) is 0.111. The molecule has 2 rings (SSSR count). The smallest absolute Gasteiger partial charge is 0.275 e. The van der Waals surface area contributed by atoms with Crippen molar-refractivity contribution in [2.45, 2.75) is 5.03 Å². The number of rotatable bonds is 3. The first-order valence-corrected chi connectivity index (χ1v) is 7.12. The molecule has 0 saturated heterocycles. The van der Waals surface area contributed by atoms with Gasteiger partial charge in [0.05, 0.1) is 5.69 Å². The molecule has 0 aliphatic heterocycles. The SMILES string of the molecule is Cn1nnc(Br)c1S(=O)(=O)Nc1cc(F)ccc1F. The van der Waals surface area contributed by atoms with Crippen LogP contribution in [0.25, 0.3) is 0 Å². The van der Waals surface area contributed by atoms with Gasteiger partial charge in [0.1, 0.15) is 11.6 Å². The van der Waals surface area contributed by atoms with Crippen LogP contribution in [0.4, 0.5) is 14.5 Å². The normalized spacial score (nSPS) is 11.6. The minimum absolute atomic E-state index is 0.0284. The lowest BCUT2D eigenvalue weighted by Crippen LogP contribution is -2.18. The molecule has 0 bridgehead atoms. The van der Waals surface area contributed by atoms with Crippen molar-refractivity contribution in [3.05, 3.63) is 34.4 Å². The van der Waals surface area contributed by atoms with Gasteiger partial charge >= 0.3 is 0 Å². The first kappa shape index (κ1) is 13.9. The average molecular weight is 353 g/mol. The van der Waals surface area contributed by atoms with Gasteiger partial charge in [-0.1, -0.05) is 5.21 Å². The second kappa shape index (κ2) is 4.85. The Bertz CT molecular complexity index is 712. The second-order valence-corrected chi connectivity index (χ2v) is 5.89. The van der Waals surface area contributed by atoms with Crippen molar-refractivity contribution in [3.8, 4) is 0 Å². The largest absolute Gasteiger partial charge is 0.282 e. The van der Waals surface area contributed by atoms with Crippen LogP contribution in [-0.4, -0.2) is 23.4 Å². The second-order valence-electron chi connectivity index (χ2n) is 3.54. The van der Waals surface area contributed by atoms with Crippen molar-refractivity contribution >= 4 is 31.6 Å². The molecule has 10 heteroatoms. The van der Waals surface area contributed by atoms with E-state index < -0.39 is 27.3 Å².